The highest BCUT2D eigenvalue weighted by Crippen LogP contribution is 2.20. The van der Waals surface area contributed by atoms with E-state index in [0.717, 1.165) is 38.3 Å². The lowest BCUT2D eigenvalue weighted by Crippen LogP contribution is -2.20. The van der Waals surface area contributed by atoms with Gasteiger partial charge in [-0.1, -0.05) is 6.92 Å². The Hall–Kier alpha value is -0.450. The van der Waals surface area contributed by atoms with Crippen molar-refractivity contribution in [3.8, 4) is 0 Å². The SMILES string of the molecule is CCCOCCCNC(C)c1scnc1C. The molecule has 0 saturated heterocycles. The molecule has 0 bridgehead atoms. The third-order valence-corrected chi connectivity index (χ3v) is 3.55. The molecule has 0 aliphatic carbocycles. The maximum atomic E-state index is 5.43. The van der Waals surface area contributed by atoms with Crippen molar-refractivity contribution in [3.05, 3.63) is 16.1 Å². The van der Waals surface area contributed by atoms with Gasteiger partial charge in [0.15, 0.2) is 0 Å². The molecule has 0 aliphatic rings. The Labute approximate surface area is 102 Å². The molecule has 1 atom stereocenters. The first kappa shape index (κ1) is 13.6. The van der Waals surface area contributed by atoms with Crippen LogP contribution in [0.1, 0.15) is 43.3 Å². The standard InChI is InChI=1S/C12H22N2OS/c1-4-7-15-8-5-6-13-10(2)12-11(3)14-9-16-12/h9-10,13H,4-8H2,1-3H3. The third-order valence-electron chi connectivity index (χ3n) is 2.44. The lowest BCUT2D eigenvalue weighted by atomic mass is 10.2. The second kappa shape index (κ2) is 7.76. The summed E-state index contributed by atoms with van der Waals surface area (Å²) in [6, 6.07) is 0.402. The molecular weight excluding hydrogens is 220 g/mol. The molecule has 0 fully saturated rings. The van der Waals surface area contributed by atoms with E-state index in [1.165, 1.54) is 4.88 Å². The Kier molecular flexibility index (Phi) is 6.61. The molecule has 3 nitrogen and oxygen atoms in total. The molecule has 0 spiro atoms. The number of thiazole rings is 1. The number of aryl methyl sites for hydroxylation is 1. The summed E-state index contributed by atoms with van der Waals surface area (Å²) in [5, 5.41) is 3.49. The molecule has 92 valence electrons. The predicted molar refractivity (Wildman–Crippen MR) is 69.0 cm³/mol. The van der Waals surface area contributed by atoms with Gasteiger partial charge >= 0.3 is 0 Å². The van der Waals surface area contributed by atoms with Crippen LogP contribution in [-0.2, 0) is 4.74 Å². The van der Waals surface area contributed by atoms with Gasteiger partial charge in [-0.3, -0.25) is 0 Å². The molecule has 0 amide bonds. The van der Waals surface area contributed by atoms with Crippen LogP contribution in [0, 0.1) is 6.92 Å². The van der Waals surface area contributed by atoms with Crippen LogP contribution in [-0.4, -0.2) is 24.7 Å². The minimum Gasteiger partial charge on any atom is -0.381 e. The van der Waals surface area contributed by atoms with Gasteiger partial charge in [-0.2, -0.15) is 0 Å². The highest BCUT2D eigenvalue weighted by Gasteiger charge is 2.09. The van der Waals surface area contributed by atoms with Crippen LogP contribution < -0.4 is 5.32 Å². The van der Waals surface area contributed by atoms with Crippen LogP contribution in [0.15, 0.2) is 5.51 Å². The van der Waals surface area contributed by atoms with E-state index in [-0.39, 0.29) is 0 Å². The number of nitrogens with one attached hydrogen (secondary N) is 1. The predicted octanol–water partition coefficient (Wildman–Crippen LogP) is 2.92. The summed E-state index contributed by atoms with van der Waals surface area (Å²) >= 11 is 1.72. The number of hydrogen-bond donors (Lipinski definition) is 1. The van der Waals surface area contributed by atoms with Gasteiger partial charge in [-0.15, -0.1) is 11.3 Å². The van der Waals surface area contributed by atoms with E-state index in [1.54, 1.807) is 11.3 Å². The molecule has 0 aliphatic heterocycles. The van der Waals surface area contributed by atoms with Crippen molar-refractivity contribution in [3.63, 3.8) is 0 Å². The van der Waals surface area contributed by atoms with Crippen molar-refractivity contribution >= 4 is 11.3 Å². The van der Waals surface area contributed by atoms with E-state index in [2.05, 4.69) is 31.1 Å². The van der Waals surface area contributed by atoms with E-state index in [0.29, 0.717) is 6.04 Å². The molecule has 0 saturated carbocycles. The molecule has 0 radical (unpaired) electrons. The van der Waals surface area contributed by atoms with E-state index < -0.39 is 0 Å². The van der Waals surface area contributed by atoms with E-state index in [4.69, 9.17) is 4.74 Å². The Morgan fingerprint density at radius 1 is 1.50 bits per heavy atom. The molecule has 1 aromatic heterocycles. The maximum absolute atomic E-state index is 5.43. The summed E-state index contributed by atoms with van der Waals surface area (Å²) < 4.78 is 5.43. The van der Waals surface area contributed by atoms with Crippen molar-refractivity contribution in [2.75, 3.05) is 19.8 Å². The first-order valence-corrected chi connectivity index (χ1v) is 6.84. The van der Waals surface area contributed by atoms with Crippen molar-refractivity contribution in [2.24, 2.45) is 0 Å². The van der Waals surface area contributed by atoms with Crippen molar-refractivity contribution in [2.45, 2.75) is 39.7 Å². The second-order valence-electron chi connectivity index (χ2n) is 3.94. The Bertz CT molecular complexity index is 288. The smallest absolute Gasteiger partial charge is 0.0798 e. The van der Waals surface area contributed by atoms with Gasteiger partial charge < -0.3 is 10.1 Å². The first-order valence-electron chi connectivity index (χ1n) is 5.96. The molecule has 1 N–H and O–H groups in total. The number of ether oxygens (including phenoxy) is 1. The van der Waals surface area contributed by atoms with Crippen molar-refractivity contribution < 1.29 is 4.74 Å². The average molecular weight is 242 g/mol. The maximum Gasteiger partial charge on any atom is 0.0798 e. The summed E-state index contributed by atoms with van der Waals surface area (Å²) in [5.74, 6) is 0. The van der Waals surface area contributed by atoms with Gasteiger partial charge in [0.1, 0.15) is 0 Å². The number of nitrogens with zero attached hydrogens (tertiary/aromatic N) is 1. The van der Waals surface area contributed by atoms with Gasteiger partial charge in [0.05, 0.1) is 11.2 Å². The van der Waals surface area contributed by atoms with E-state index in [9.17, 15) is 0 Å². The molecule has 0 aromatic carbocycles. The molecular formula is C12H22N2OS. The molecule has 1 aromatic rings. The van der Waals surface area contributed by atoms with Gasteiger partial charge in [0.2, 0.25) is 0 Å². The summed E-state index contributed by atoms with van der Waals surface area (Å²) in [4.78, 5) is 5.60. The average Bonchev–Trinajstić information content (AvgIpc) is 2.69. The summed E-state index contributed by atoms with van der Waals surface area (Å²) in [6.07, 6.45) is 2.17. The normalized spacial score (nSPS) is 12.9. The highest BCUT2D eigenvalue weighted by atomic mass is 32.1. The van der Waals surface area contributed by atoms with E-state index in [1.807, 2.05) is 5.51 Å². The molecule has 16 heavy (non-hydrogen) atoms. The van der Waals surface area contributed by atoms with Crippen LogP contribution >= 0.6 is 11.3 Å². The zero-order valence-corrected chi connectivity index (χ0v) is 11.3. The molecule has 1 unspecified atom stereocenters. The lowest BCUT2D eigenvalue weighted by molar-refractivity contribution is 0.132. The third kappa shape index (κ3) is 4.60. The quantitative estimate of drug-likeness (QED) is 0.712. The fraction of sp³-hybridized carbons (Fsp3) is 0.750. The van der Waals surface area contributed by atoms with E-state index >= 15 is 0 Å². The Morgan fingerprint density at radius 2 is 2.31 bits per heavy atom. The minimum atomic E-state index is 0.402. The monoisotopic (exact) mass is 242 g/mol. The molecule has 4 heteroatoms. The van der Waals surface area contributed by atoms with Crippen molar-refractivity contribution in [1.82, 2.24) is 10.3 Å². The topological polar surface area (TPSA) is 34.1 Å². The van der Waals surface area contributed by atoms with Crippen LogP contribution in [0.2, 0.25) is 0 Å². The van der Waals surface area contributed by atoms with Gasteiger partial charge in [0.25, 0.3) is 0 Å². The fourth-order valence-electron chi connectivity index (χ4n) is 1.56. The number of aromatic nitrogens is 1. The van der Waals surface area contributed by atoms with Crippen molar-refractivity contribution in [1.29, 1.82) is 0 Å². The number of hydrogen-bond acceptors (Lipinski definition) is 4. The minimum absolute atomic E-state index is 0.402. The molecule has 1 heterocycles. The summed E-state index contributed by atoms with van der Waals surface area (Å²) in [5.41, 5.74) is 3.06. The summed E-state index contributed by atoms with van der Waals surface area (Å²) in [7, 11) is 0. The van der Waals surface area contributed by atoms with Crippen LogP contribution in [0.3, 0.4) is 0 Å². The Morgan fingerprint density at radius 3 is 2.94 bits per heavy atom. The lowest BCUT2D eigenvalue weighted by Gasteiger charge is -2.12. The van der Waals surface area contributed by atoms with Gasteiger partial charge in [-0.05, 0) is 33.2 Å². The van der Waals surface area contributed by atoms with Crippen LogP contribution in [0.4, 0.5) is 0 Å². The van der Waals surface area contributed by atoms with Gasteiger partial charge in [-0.25, -0.2) is 4.98 Å². The van der Waals surface area contributed by atoms with Crippen LogP contribution in [0.5, 0.6) is 0 Å². The Balaban J connectivity index is 2.11. The summed E-state index contributed by atoms with van der Waals surface area (Å²) in [6.45, 7) is 9.12. The van der Waals surface area contributed by atoms with Gasteiger partial charge in [0, 0.05) is 24.1 Å². The number of rotatable bonds is 8. The first-order chi connectivity index (χ1) is 7.75. The fourth-order valence-corrected chi connectivity index (χ4v) is 2.39. The molecule has 1 rings (SSSR count). The zero-order valence-electron chi connectivity index (χ0n) is 10.5. The zero-order chi connectivity index (χ0) is 11.8. The largest absolute Gasteiger partial charge is 0.381 e. The highest BCUT2D eigenvalue weighted by molar-refractivity contribution is 7.09. The second-order valence-corrected chi connectivity index (χ2v) is 4.83. The van der Waals surface area contributed by atoms with Crippen LogP contribution in [0.25, 0.3) is 0 Å².